The van der Waals surface area contributed by atoms with Crippen molar-refractivity contribution in [1.29, 1.82) is 0 Å². The van der Waals surface area contributed by atoms with E-state index in [9.17, 15) is 4.79 Å². The van der Waals surface area contributed by atoms with E-state index in [1.807, 2.05) is 42.1 Å². The van der Waals surface area contributed by atoms with Crippen molar-refractivity contribution in [3.05, 3.63) is 42.5 Å². The molecule has 9 nitrogen and oxygen atoms in total. The van der Waals surface area contributed by atoms with Gasteiger partial charge in [0.15, 0.2) is 5.65 Å². The largest absolute Gasteiger partial charge is 0.376 e. The Hall–Kier alpha value is -2.94. The highest BCUT2D eigenvalue weighted by Crippen LogP contribution is 2.35. The van der Waals surface area contributed by atoms with Crippen molar-refractivity contribution in [3.8, 4) is 0 Å². The molecule has 27 heavy (non-hydrogen) atoms. The van der Waals surface area contributed by atoms with Gasteiger partial charge in [-0.3, -0.25) is 4.79 Å². The van der Waals surface area contributed by atoms with Gasteiger partial charge in [0.25, 0.3) is 5.91 Å². The van der Waals surface area contributed by atoms with Crippen LogP contribution in [0.3, 0.4) is 0 Å². The van der Waals surface area contributed by atoms with Gasteiger partial charge in [0.05, 0.1) is 12.7 Å². The lowest BCUT2D eigenvalue weighted by Crippen LogP contribution is -2.35. The molecule has 140 valence electrons. The number of anilines is 1. The number of nitrogens with zero attached hydrogens (tertiary/aromatic N) is 6. The number of nitrogens with one attached hydrogen (secondary N) is 1. The minimum atomic E-state index is -0.0412. The number of hydrogen-bond acceptors (Lipinski definition) is 6. The van der Waals surface area contributed by atoms with Crippen LogP contribution in [0.25, 0.3) is 5.65 Å². The highest BCUT2D eigenvalue weighted by molar-refractivity contribution is 5.92. The highest BCUT2D eigenvalue weighted by Gasteiger charge is 2.44. The third-order valence-electron chi connectivity index (χ3n) is 5.61. The fourth-order valence-electron chi connectivity index (χ4n) is 4.09. The van der Waals surface area contributed by atoms with Crippen LogP contribution in [0, 0.1) is 11.8 Å². The molecule has 2 saturated heterocycles. The van der Waals surface area contributed by atoms with Crippen LogP contribution >= 0.6 is 0 Å². The molecule has 0 unspecified atom stereocenters. The number of fused-ring (bicyclic) bond motifs is 2. The first-order valence-electron chi connectivity index (χ1n) is 9.12. The molecule has 0 spiro atoms. The van der Waals surface area contributed by atoms with Crippen LogP contribution < -0.4 is 10.2 Å². The first kappa shape index (κ1) is 16.2. The molecule has 5 heterocycles. The number of rotatable bonds is 4. The Morgan fingerprint density at radius 3 is 3.11 bits per heavy atom. The maximum absolute atomic E-state index is 12.4. The van der Waals surface area contributed by atoms with Gasteiger partial charge in [-0.05, 0) is 24.3 Å². The van der Waals surface area contributed by atoms with E-state index < -0.39 is 0 Å². The van der Waals surface area contributed by atoms with Crippen molar-refractivity contribution >= 4 is 17.4 Å². The minimum absolute atomic E-state index is 0.0412. The van der Waals surface area contributed by atoms with Gasteiger partial charge in [-0.1, -0.05) is 0 Å². The lowest BCUT2D eigenvalue weighted by molar-refractivity contribution is 0.0932. The molecule has 5 rings (SSSR count). The van der Waals surface area contributed by atoms with Gasteiger partial charge in [-0.25, -0.2) is 0 Å². The topological polar surface area (TPSA) is 89.6 Å². The van der Waals surface area contributed by atoms with Crippen LogP contribution in [0.4, 0.5) is 5.82 Å². The predicted octanol–water partition coefficient (Wildman–Crippen LogP) is 0.344. The summed E-state index contributed by atoms with van der Waals surface area (Å²) in [5, 5.41) is 15.5. The Bertz CT molecular complexity index is 981. The normalized spacial score (nSPS) is 24.5. The van der Waals surface area contributed by atoms with Crippen LogP contribution in [0.15, 0.2) is 36.8 Å². The molecule has 2 fully saturated rings. The van der Waals surface area contributed by atoms with Crippen molar-refractivity contribution in [2.45, 2.75) is 6.10 Å². The zero-order chi connectivity index (χ0) is 18.4. The monoisotopic (exact) mass is 367 g/mol. The average molecular weight is 367 g/mol. The molecule has 2 aliphatic rings. The SMILES string of the molecule is Cn1cccc1C(=O)NC[C@@H]1CO[C@@H]2CN(c3ccc4nncn4n3)C[C@H]12. The van der Waals surface area contributed by atoms with Crippen molar-refractivity contribution in [3.63, 3.8) is 0 Å². The van der Waals surface area contributed by atoms with E-state index >= 15 is 0 Å². The standard InChI is InChI=1S/C18H21N7O2/c1-23-6-2-3-14(23)18(26)19-7-12-10-27-15-9-24(8-13(12)15)17-5-4-16-21-20-11-25(16)22-17/h2-6,11-13,15H,7-10H2,1H3,(H,19,26)/t12-,13-,15-/m1/s1. The van der Waals surface area contributed by atoms with Gasteiger partial charge in [0.1, 0.15) is 17.8 Å². The third kappa shape index (κ3) is 2.84. The molecule has 1 N–H and O–H groups in total. The summed E-state index contributed by atoms with van der Waals surface area (Å²) < 4.78 is 9.51. The van der Waals surface area contributed by atoms with Crippen molar-refractivity contribution in [1.82, 2.24) is 29.7 Å². The Morgan fingerprint density at radius 1 is 1.33 bits per heavy atom. The second-order valence-corrected chi connectivity index (χ2v) is 7.24. The number of ether oxygens (including phenoxy) is 1. The highest BCUT2D eigenvalue weighted by atomic mass is 16.5. The van der Waals surface area contributed by atoms with Gasteiger partial charge in [0, 0.05) is 44.7 Å². The van der Waals surface area contributed by atoms with Gasteiger partial charge < -0.3 is 19.5 Å². The summed E-state index contributed by atoms with van der Waals surface area (Å²) in [7, 11) is 1.87. The van der Waals surface area contributed by atoms with Gasteiger partial charge in [0.2, 0.25) is 0 Å². The Balaban J connectivity index is 1.24. The summed E-state index contributed by atoms with van der Waals surface area (Å²) in [6.07, 6.45) is 3.66. The molecule has 0 aliphatic carbocycles. The quantitative estimate of drug-likeness (QED) is 0.715. The summed E-state index contributed by atoms with van der Waals surface area (Å²) in [6.45, 7) is 3.00. The number of amides is 1. The summed E-state index contributed by atoms with van der Waals surface area (Å²) in [6, 6.07) is 7.59. The minimum Gasteiger partial charge on any atom is -0.376 e. The molecule has 3 aromatic heterocycles. The fraction of sp³-hybridized carbons (Fsp3) is 0.444. The zero-order valence-electron chi connectivity index (χ0n) is 15.0. The molecule has 3 aromatic rings. The Morgan fingerprint density at radius 2 is 2.26 bits per heavy atom. The summed E-state index contributed by atoms with van der Waals surface area (Å²) in [5.74, 6) is 1.55. The first-order chi connectivity index (χ1) is 13.2. The summed E-state index contributed by atoms with van der Waals surface area (Å²) in [4.78, 5) is 14.6. The van der Waals surface area contributed by atoms with Crippen LogP contribution in [0.5, 0.6) is 0 Å². The van der Waals surface area contributed by atoms with Crippen LogP contribution in [-0.2, 0) is 11.8 Å². The average Bonchev–Trinajstić information content (AvgIpc) is 3.43. The molecule has 0 bridgehead atoms. The molecule has 9 heteroatoms. The van der Waals surface area contributed by atoms with E-state index in [1.165, 1.54) is 0 Å². The van der Waals surface area contributed by atoms with E-state index in [0.29, 0.717) is 30.7 Å². The van der Waals surface area contributed by atoms with Crippen molar-refractivity contribution < 1.29 is 9.53 Å². The number of aryl methyl sites for hydroxylation is 1. The maximum Gasteiger partial charge on any atom is 0.267 e. The Labute approximate surface area is 155 Å². The second kappa shape index (κ2) is 6.34. The number of carbonyl (C=O) groups is 1. The van der Waals surface area contributed by atoms with Gasteiger partial charge in [-0.2, -0.15) is 4.52 Å². The van der Waals surface area contributed by atoms with E-state index in [-0.39, 0.29) is 12.0 Å². The lowest BCUT2D eigenvalue weighted by atomic mass is 9.93. The molecule has 3 atom stereocenters. The first-order valence-corrected chi connectivity index (χ1v) is 9.12. The zero-order valence-corrected chi connectivity index (χ0v) is 15.0. The molecule has 1 amide bonds. The van der Waals surface area contributed by atoms with Gasteiger partial charge in [-0.15, -0.1) is 15.3 Å². The van der Waals surface area contributed by atoms with Crippen molar-refractivity contribution in [2.75, 3.05) is 31.1 Å². The molecule has 2 aliphatic heterocycles. The van der Waals surface area contributed by atoms with Gasteiger partial charge >= 0.3 is 0 Å². The van der Waals surface area contributed by atoms with E-state index in [1.54, 1.807) is 10.8 Å². The number of aromatic nitrogens is 5. The molecule has 0 saturated carbocycles. The molecule has 0 aromatic carbocycles. The third-order valence-corrected chi connectivity index (χ3v) is 5.61. The maximum atomic E-state index is 12.4. The van der Waals surface area contributed by atoms with E-state index in [0.717, 1.165) is 24.6 Å². The van der Waals surface area contributed by atoms with Crippen LogP contribution in [0.1, 0.15) is 10.5 Å². The van der Waals surface area contributed by atoms with E-state index in [2.05, 4.69) is 25.5 Å². The predicted molar refractivity (Wildman–Crippen MR) is 97.5 cm³/mol. The summed E-state index contributed by atoms with van der Waals surface area (Å²) in [5.41, 5.74) is 1.40. The molecular formula is C18H21N7O2. The number of hydrogen-bond donors (Lipinski definition) is 1. The smallest absolute Gasteiger partial charge is 0.267 e. The second-order valence-electron chi connectivity index (χ2n) is 7.24. The summed E-state index contributed by atoms with van der Waals surface area (Å²) >= 11 is 0. The fourth-order valence-corrected chi connectivity index (χ4v) is 4.09. The Kier molecular flexibility index (Phi) is 3.82. The van der Waals surface area contributed by atoms with E-state index in [4.69, 9.17) is 4.74 Å². The van der Waals surface area contributed by atoms with Crippen LogP contribution in [0.2, 0.25) is 0 Å². The number of carbonyl (C=O) groups excluding carboxylic acids is 1. The van der Waals surface area contributed by atoms with Crippen molar-refractivity contribution in [2.24, 2.45) is 18.9 Å². The lowest BCUT2D eigenvalue weighted by Gasteiger charge is -2.20. The molecular weight excluding hydrogens is 346 g/mol. The van der Waals surface area contributed by atoms with Crippen LogP contribution in [-0.4, -0.2) is 62.6 Å². The molecule has 0 radical (unpaired) electrons.